The first-order valence-electron chi connectivity index (χ1n) is 7.66. The Labute approximate surface area is 144 Å². The minimum absolute atomic E-state index is 0.0359. The molecule has 2 aromatic carbocycles. The van der Waals surface area contributed by atoms with Crippen LogP contribution in [0.15, 0.2) is 46.9 Å². The number of carbonyl (C=O) groups is 1. The lowest BCUT2D eigenvalue weighted by molar-refractivity contribution is 0.0954. The molecule has 3 rings (SSSR count). The second-order valence-electron chi connectivity index (χ2n) is 5.79. The fourth-order valence-electron chi connectivity index (χ4n) is 2.82. The summed E-state index contributed by atoms with van der Waals surface area (Å²) >= 11 is 3.37. The molecule has 4 heteroatoms. The minimum atomic E-state index is -0.0359. The van der Waals surface area contributed by atoms with Crippen LogP contribution in [0.25, 0.3) is 10.9 Å². The molecule has 23 heavy (non-hydrogen) atoms. The third-order valence-corrected chi connectivity index (χ3v) is 4.57. The van der Waals surface area contributed by atoms with Crippen molar-refractivity contribution in [1.82, 2.24) is 10.3 Å². The Morgan fingerprint density at radius 1 is 1.13 bits per heavy atom. The molecule has 3 aromatic rings. The van der Waals surface area contributed by atoms with Gasteiger partial charge in [0.05, 0.1) is 0 Å². The molecule has 0 aliphatic carbocycles. The zero-order valence-electron chi connectivity index (χ0n) is 13.2. The molecule has 1 amide bonds. The second-order valence-corrected chi connectivity index (χ2v) is 6.71. The van der Waals surface area contributed by atoms with E-state index in [0.29, 0.717) is 12.1 Å². The predicted molar refractivity (Wildman–Crippen MR) is 98.0 cm³/mol. The van der Waals surface area contributed by atoms with E-state index in [4.69, 9.17) is 0 Å². The lowest BCUT2D eigenvalue weighted by atomic mass is 10.1. The summed E-state index contributed by atoms with van der Waals surface area (Å²) < 4.78 is 0.971. The topological polar surface area (TPSA) is 44.9 Å². The fraction of sp³-hybridized carbons (Fsp3) is 0.211. The molecule has 0 saturated carbocycles. The first-order valence-corrected chi connectivity index (χ1v) is 8.45. The van der Waals surface area contributed by atoms with Crippen LogP contribution in [0, 0.1) is 13.8 Å². The van der Waals surface area contributed by atoms with Crippen molar-refractivity contribution in [3.05, 3.63) is 69.3 Å². The molecule has 0 aliphatic rings. The normalized spacial score (nSPS) is 10.9. The highest BCUT2D eigenvalue weighted by Gasteiger charge is 2.10. The number of H-pyrrole nitrogens is 1. The van der Waals surface area contributed by atoms with Gasteiger partial charge in [0, 0.05) is 33.2 Å². The predicted octanol–water partition coefficient (Wildman–Crippen LogP) is 4.52. The summed E-state index contributed by atoms with van der Waals surface area (Å²) in [6.45, 7) is 4.80. The van der Waals surface area contributed by atoms with Crippen molar-refractivity contribution in [2.24, 2.45) is 0 Å². The zero-order chi connectivity index (χ0) is 16.4. The van der Waals surface area contributed by atoms with Gasteiger partial charge in [-0.25, -0.2) is 0 Å². The molecule has 3 nitrogen and oxygen atoms in total. The number of fused-ring (bicyclic) bond motifs is 1. The third kappa shape index (κ3) is 3.48. The van der Waals surface area contributed by atoms with Gasteiger partial charge in [0.15, 0.2) is 0 Å². The van der Waals surface area contributed by atoms with Gasteiger partial charge in [0.1, 0.15) is 0 Å². The van der Waals surface area contributed by atoms with E-state index in [0.717, 1.165) is 16.4 Å². The van der Waals surface area contributed by atoms with E-state index >= 15 is 0 Å². The van der Waals surface area contributed by atoms with Crippen LogP contribution in [-0.4, -0.2) is 17.4 Å². The largest absolute Gasteiger partial charge is 0.358 e. The summed E-state index contributed by atoms with van der Waals surface area (Å²) in [6, 6.07) is 13.8. The van der Waals surface area contributed by atoms with E-state index in [-0.39, 0.29) is 5.91 Å². The summed E-state index contributed by atoms with van der Waals surface area (Å²) in [7, 11) is 0. The molecule has 0 fully saturated rings. The molecule has 118 valence electrons. The molecule has 0 atom stereocenters. The van der Waals surface area contributed by atoms with Crippen molar-refractivity contribution in [1.29, 1.82) is 0 Å². The number of hydrogen-bond acceptors (Lipinski definition) is 1. The lowest BCUT2D eigenvalue weighted by Gasteiger charge is -2.06. The maximum atomic E-state index is 12.2. The summed E-state index contributed by atoms with van der Waals surface area (Å²) in [5, 5.41) is 4.25. The minimum Gasteiger partial charge on any atom is -0.358 e. The van der Waals surface area contributed by atoms with Gasteiger partial charge in [-0.15, -0.1) is 0 Å². The number of halogens is 1. The molecule has 2 N–H and O–H groups in total. The van der Waals surface area contributed by atoms with Crippen LogP contribution in [0.3, 0.4) is 0 Å². The molecule has 0 bridgehead atoms. The van der Waals surface area contributed by atoms with Crippen molar-refractivity contribution in [2.75, 3.05) is 6.54 Å². The monoisotopic (exact) mass is 370 g/mol. The Bertz CT molecular complexity index is 850. The van der Waals surface area contributed by atoms with E-state index in [9.17, 15) is 4.79 Å². The lowest BCUT2D eigenvalue weighted by Crippen LogP contribution is -2.25. The molecule has 0 saturated heterocycles. The van der Waals surface area contributed by atoms with Crippen molar-refractivity contribution in [3.8, 4) is 0 Å². The van der Waals surface area contributed by atoms with E-state index in [1.165, 1.54) is 22.2 Å². The third-order valence-electron chi connectivity index (χ3n) is 4.04. The van der Waals surface area contributed by atoms with Crippen LogP contribution < -0.4 is 5.32 Å². The standard InChI is InChI=1S/C19H19BrN2O/c1-12-3-8-18-17(11-12)16(13(2)22-18)9-10-21-19(23)14-4-6-15(20)7-5-14/h3-8,11,22H,9-10H2,1-2H3,(H,21,23). The van der Waals surface area contributed by atoms with Crippen LogP contribution in [0.5, 0.6) is 0 Å². The molecule has 0 aliphatic heterocycles. The number of benzene rings is 2. The van der Waals surface area contributed by atoms with Crippen molar-refractivity contribution < 1.29 is 4.79 Å². The van der Waals surface area contributed by atoms with Crippen molar-refractivity contribution in [2.45, 2.75) is 20.3 Å². The van der Waals surface area contributed by atoms with Gasteiger partial charge < -0.3 is 10.3 Å². The molecule has 0 spiro atoms. The van der Waals surface area contributed by atoms with Crippen LogP contribution in [0.1, 0.15) is 27.2 Å². The van der Waals surface area contributed by atoms with E-state index in [1.807, 2.05) is 24.3 Å². The Hall–Kier alpha value is -2.07. The first kappa shape index (κ1) is 15.8. The quantitative estimate of drug-likeness (QED) is 0.696. The maximum Gasteiger partial charge on any atom is 0.251 e. The number of carbonyl (C=O) groups excluding carboxylic acids is 1. The van der Waals surface area contributed by atoms with Crippen molar-refractivity contribution in [3.63, 3.8) is 0 Å². The molecule has 1 aromatic heterocycles. The average molecular weight is 371 g/mol. The van der Waals surface area contributed by atoms with E-state index < -0.39 is 0 Å². The number of amides is 1. The Morgan fingerprint density at radius 2 is 1.87 bits per heavy atom. The molecule has 1 heterocycles. The first-order chi connectivity index (χ1) is 11.0. The molecule has 0 radical (unpaired) electrons. The Balaban J connectivity index is 1.69. The van der Waals surface area contributed by atoms with Crippen LogP contribution in [0.4, 0.5) is 0 Å². The summed E-state index contributed by atoms with van der Waals surface area (Å²) in [4.78, 5) is 15.6. The van der Waals surface area contributed by atoms with Gasteiger partial charge in [0.25, 0.3) is 5.91 Å². The average Bonchev–Trinajstić information content (AvgIpc) is 2.83. The van der Waals surface area contributed by atoms with Crippen molar-refractivity contribution >= 4 is 32.7 Å². The van der Waals surface area contributed by atoms with Gasteiger partial charge in [0.2, 0.25) is 0 Å². The van der Waals surface area contributed by atoms with Crippen LogP contribution in [0.2, 0.25) is 0 Å². The van der Waals surface area contributed by atoms with Gasteiger partial charge in [-0.1, -0.05) is 27.6 Å². The van der Waals surface area contributed by atoms with Gasteiger partial charge in [-0.2, -0.15) is 0 Å². The number of rotatable bonds is 4. The van der Waals surface area contributed by atoms with E-state index in [1.54, 1.807) is 0 Å². The zero-order valence-corrected chi connectivity index (χ0v) is 14.8. The van der Waals surface area contributed by atoms with Crippen LogP contribution in [-0.2, 0) is 6.42 Å². The number of hydrogen-bond donors (Lipinski definition) is 2. The molecular weight excluding hydrogens is 352 g/mol. The number of aromatic amines is 1. The highest BCUT2D eigenvalue weighted by molar-refractivity contribution is 9.10. The Kier molecular flexibility index (Phi) is 4.53. The van der Waals surface area contributed by atoms with E-state index in [2.05, 4.69) is 58.3 Å². The molecular formula is C19H19BrN2O. The number of aryl methyl sites for hydroxylation is 2. The summed E-state index contributed by atoms with van der Waals surface area (Å²) in [5.74, 6) is -0.0359. The van der Waals surface area contributed by atoms with Gasteiger partial charge >= 0.3 is 0 Å². The summed E-state index contributed by atoms with van der Waals surface area (Å²) in [6.07, 6.45) is 0.817. The van der Waals surface area contributed by atoms with Gasteiger partial charge in [-0.05, 0) is 62.2 Å². The SMILES string of the molecule is Cc1ccc2[nH]c(C)c(CCNC(=O)c3ccc(Br)cc3)c2c1. The highest BCUT2D eigenvalue weighted by Crippen LogP contribution is 2.23. The fourth-order valence-corrected chi connectivity index (χ4v) is 3.09. The smallest absolute Gasteiger partial charge is 0.251 e. The molecule has 0 unspecified atom stereocenters. The maximum absolute atomic E-state index is 12.2. The Morgan fingerprint density at radius 3 is 2.61 bits per heavy atom. The second kappa shape index (κ2) is 6.59. The van der Waals surface area contributed by atoms with Crippen LogP contribution >= 0.6 is 15.9 Å². The number of aromatic nitrogens is 1. The summed E-state index contributed by atoms with van der Waals surface area (Å²) in [5.41, 5.74) is 5.53. The van der Waals surface area contributed by atoms with Gasteiger partial charge in [-0.3, -0.25) is 4.79 Å². The number of nitrogens with one attached hydrogen (secondary N) is 2. The highest BCUT2D eigenvalue weighted by atomic mass is 79.9.